The molecule has 0 radical (unpaired) electrons. The number of H-pyrrole nitrogens is 1. The number of halogens is 2. The Balaban J connectivity index is 0.000000314. The van der Waals surface area contributed by atoms with Crippen molar-refractivity contribution in [1.29, 1.82) is 0 Å². The molecule has 0 aromatic carbocycles. The van der Waals surface area contributed by atoms with Crippen LogP contribution in [0.5, 0.6) is 0 Å². The Bertz CT molecular complexity index is 753. The van der Waals surface area contributed by atoms with E-state index in [0.717, 1.165) is 12.7 Å². The van der Waals surface area contributed by atoms with Crippen LogP contribution in [0.3, 0.4) is 0 Å². The van der Waals surface area contributed by atoms with E-state index in [1.807, 2.05) is 0 Å². The summed E-state index contributed by atoms with van der Waals surface area (Å²) in [6.07, 6.45) is 3.09. The number of imidazole rings is 2. The summed E-state index contributed by atoms with van der Waals surface area (Å²) in [6, 6.07) is 1.12. The zero-order valence-electron chi connectivity index (χ0n) is 15.6. The number of Topliss-reactive ketones (excluding diaryl/α,β-unsaturated/α-hetero) is 2. The highest BCUT2D eigenvalue weighted by Gasteiger charge is 2.14. The lowest BCUT2D eigenvalue weighted by atomic mass is 10.3. The maximum Gasteiger partial charge on any atom is 0.180 e. The van der Waals surface area contributed by atoms with Crippen molar-refractivity contribution in [2.75, 3.05) is 6.61 Å². The van der Waals surface area contributed by atoms with Gasteiger partial charge >= 0.3 is 0 Å². The first-order valence-electron chi connectivity index (χ1n) is 8.02. The first-order valence-corrected chi connectivity index (χ1v) is 13.3. The monoisotopic (exact) mass is 506 g/mol. The van der Waals surface area contributed by atoms with Crippen LogP contribution in [-0.2, 0) is 11.5 Å². The van der Waals surface area contributed by atoms with Gasteiger partial charge in [-0.05, 0) is 37.9 Å². The number of ketones is 2. The van der Waals surface area contributed by atoms with Crippen molar-refractivity contribution >= 4 is 51.5 Å². The molecule has 144 valence electrons. The molecule has 0 saturated heterocycles. The Hall–Kier alpha value is -1.10. The minimum absolute atomic E-state index is 0.0110. The molecule has 0 fully saturated rings. The molecule has 0 unspecified atom stereocenters. The largest absolute Gasteiger partial charge is 0.361 e. The Morgan fingerprint density at radius 1 is 1.19 bits per heavy atom. The predicted molar refractivity (Wildman–Crippen MR) is 110 cm³/mol. The Morgan fingerprint density at radius 3 is 2.27 bits per heavy atom. The first-order chi connectivity index (χ1) is 12.0. The van der Waals surface area contributed by atoms with Crippen molar-refractivity contribution in [3.63, 3.8) is 0 Å². The molecule has 7 nitrogen and oxygen atoms in total. The second-order valence-corrected chi connectivity index (χ2v) is 14.0. The van der Waals surface area contributed by atoms with E-state index >= 15 is 0 Å². The fraction of sp³-hybridized carbons (Fsp3) is 0.500. The van der Waals surface area contributed by atoms with E-state index < -0.39 is 8.07 Å². The van der Waals surface area contributed by atoms with Crippen LogP contribution < -0.4 is 0 Å². The van der Waals surface area contributed by atoms with Crippen molar-refractivity contribution < 1.29 is 14.3 Å². The maximum absolute atomic E-state index is 11.4. The molecule has 0 atom stereocenters. The lowest BCUT2D eigenvalue weighted by Gasteiger charge is -2.15. The number of carbonyl (C=O) groups excluding carboxylic acids is 2. The Morgan fingerprint density at radius 2 is 1.85 bits per heavy atom. The van der Waals surface area contributed by atoms with Gasteiger partial charge in [-0.3, -0.25) is 9.59 Å². The van der Waals surface area contributed by atoms with Gasteiger partial charge in [-0.25, -0.2) is 9.97 Å². The molecule has 10 heteroatoms. The molecule has 2 rings (SSSR count). The van der Waals surface area contributed by atoms with Gasteiger partial charge in [-0.1, -0.05) is 19.6 Å². The van der Waals surface area contributed by atoms with Gasteiger partial charge in [-0.15, -0.1) is 0 Å². The average molecular weight is 508 g/mol. The standard InChI is InChI=1S/C11H19BrN2O2Si.C5H5BrN2O/c1-9(15)10-11(12)13-7-14(10)8-16-5-6-17(2,3)4;1-3(9)4-5(6)8-2-7-4/h7H,5-6,8H2,1-4H3;2H,1H3,(H,7,8). The molecule has 2 aromatic heterocycles. The third kappa shape index (κ3) is 7.64. The average Bonchev–Trinajstić information content (AvgIpc) is 3.09. The van der Waals surface area contributed by atoms with Crippen molar-refractivity contribution in [2.45, 2.75) is 46.3 Å². The quantitative estimate of drug-likeness (QED) is 0.337. The van der Waals surface area contributed by atoms with Crippen LogP contribution in [0.1, 0.15) is 34.8 Å². The fourth-order valence-electron chi connectivity index (χ4n) is 1.87. The topological polar surface area (TPSA) is 89.9 Å². The van der Waals surface area contributed by atoms with Crippen molar-refractivity contribution in [3.05, 3.63) is 33.2 Å². The number of carbonyl (C=O) groups is 2. The van der Waals surface area contributed by atoms with E-state index in [9.17, 15) is 9.59 Å². The summed E-state index contributed by atoms with van der Waals surface area (Å²) in [4.78, 5) is 32.6. The van der Waals surface area contributed by atoms with Crippen molar-refractivity contribution in [1.82, 2.24) is 19.5 Å². The number of ether oxygens (including phenoxy) is 1. The minimum Gasteiger partial charge on any atom is -0.361 e. The summed E-state index contributed by atoms with van der Waals surface area (Å²) >= 11 is 6.38. The zero-order chi connectivity index (χ0) is 19.9. The summed E-state index contributed by atoms with van der Waals surface area (Å²) in [5.74, 6) is -0.0497. The second-order valence-electron chi connectivity index (χ2n) is 6.88. The number of nitrogens with zero attached hydrogens (tertiary/aromatic N) is 3. The van der Waals surface area contributed by atoms with E-state index in [2.05, 4.69) is 66.5 Å². The molecule has 0 bridgehead atoms. The summed E-state index contributed by atoms with van der Waals surface area (Å²) in [5.41, 5.74) is 1.02. The lowest BCUT2D eigenvalue weighted by Crippen LogP contribution is -2.22. The highest BCUT2D eigenvalue weighted by Crippen LogP contribution is 2.15. The molecule has 0 spiro atoms. The highest BCUT2D eigenvalue weighted by atomic mass is 79.9. The lowest BCUT2D eigenvalue weighted by molar-refractivity contribution is 0.0810. The smallest absolute Gasteiger partial charge is 0.180 e. The van der Waals surface area contributed by atoms with Crippen LogP contribution in [0.2, 0.25) is 25.7 Å². The van der Waals surface area contributed by atoms with Crippen LogP contribution in [0.4, 0.5) is 0 Å². The summed E-state index contributed by atoms with van der Waals surface area (Å²) in [6.45, 7) is 11.1. The third-order valence-corrected chi connectivity index (χ3v) is 6.17. The van der Waals surface area contributed by atoms with Gasteiger partial charge in [0.1, 0.15) is 27.3 Å². The number of nitrogens with one attached hydrogen (secondary N) is 1. The molecule has 0 aliphatic rings. The van der Waals surface area contributed by atoms with E-state index in [-0.39, 0.29) is 11.6 Å². The maximum atomic E-state index is 11.4. The zero-order valence-corrected chi connectivity index (χ0v) is 19.8. The molecule has 0 saturated carbocycles. The summed E-state index contributed by atoms with van der Waals surface area (Å²) < 4.78 is 8.55. The minimum atomic E-state index is -1.05. The summed E-state index contributed by atoms with van der Waals surface area (Å²) in [7, 11) is -1.05. The van der Waals surface area contributed by atoms with E-state index in [4.69, 9.17) is 4.74 Å². The van der Waals surface area contributed by atoms with Gasteiger partial charge in [0, 0.05) is 28.5 Å². The number of hydrogen-bond donors (Lipinski definition) is 1. The molecule has 0 amide bonds. The molecule has 0 aliphatic heterocycles. The number of rotatable bonds is 7. The van der Waals surface area contributed by atoms with Crippen molar-refractivity contribution in [3.8, 4) is 0 Å². The van der Waals surface area contributed by atoms with E-state index in [1.165, 1.54) is 20.2 Å². The molecule has 0 aliphatic carbocycles. The molecule has 2 heterocycles. The second kappa shape index (κ2) is 10.3. The van der Waals surface area contributed by atoms with Crippen molar-refractivity contribution in [2.24, 2.45) is 0 Å². The van der Waals surface area contributed by atoms with Gasteiger partial charge in [-0.2, -0.15) is 0 Å². The van der Waals surface area contributed by atoms with Crippen LogP contribution in [0.15, 0.2) is 21.9 Å². The number of aromatic nitrogens is 4. The summed E-state index contributed by atoms with van der Waals surface area (Å²) in [5, 5.41) is 0. The number of aromatic amines is 1. The van der Waals surface area contributed by atoms with Gasteiger partial charge in [0.2, 0.25) is 0 Å². The Labute approximate surface area is 171 Å². The first kappa shape index (κ1) is 22.9. The molecule has 1 N–H and O–H groups in total. The van der Waals surface area contributed by atoms with Gasteiger partial charge in [0.15, 0.2) is 11.6 Å². The van der Waals surface area contributed by atoms with Crippen LogP contribution in [0.25, 0.3) is 0 Å². The fourth-order valence-corrected chi connectivity index (χ4v) is 3.71. The predicted octanol–water partition coefficient (Wildman–Crippen LogP) is 4.54. The highest BCUT2D eigenvalue weighted by molar-refractivity contribution is 9.10. The molecule has 26 heavy (non-hydrogen) atoms. The third-order valence-electron chi connectivity index (χ3n) is 3.28. The van der Waals surface area contributed by atoms with Crippen LogP contribution in [0, 0.1) is 0 Å². The SMILES string of the molecule is CC(=O)c1c(Br)ncn1COCC[Si](C)(C)C.CC(=O)c1nc[nH]c1Br. The van der Waals surface area contributed by atoms with Crippen LogP contribution in [-0.4, -0.2) is 45.8 Å². The van der Waals surface area contributed by atoms with Gasteiger partial charge in [0.05, 0.1) is 12.7 Å². The normalized spacial score (nSPS) is 11.0. The van der Waals surface area contributed by atoms with Gasteiger partial charge < -0.3 is 14.3 Å². The molecule has 2 aromatic rings. The van der Waals surface area contributed by atoms with Gasteiger partial charge in [0.25, 0.3) is 0 Å². The molecular formula is C16H24Br2N4O3Si. The van der Waals surface area contributed by atoms with E-state index in [0.29, 0.717) is 27.3 Å². The van der Waals surface area contributed by atoms with Crippen LogP contribution >= 0.6 is 31.9 Å². The van der Waals surface area contributed by atoms with E-state index in [1.54, 1.807) is 10.9 Å². The molecular weight excluding hydrogens is 484 g/mol. The Kier molecular flexibility index (Phi) is 9.08. The number of hydrogen-bond acceptors (Lipinski definition) is 5.